The lowest BCUT2D eigenvalue weighted by molar-refractivity contribution is -0.147. The van der Waals surface area contributed by atoms with Crippen LogP contribution in [0.4, 0.5) is 0 Å². The van der Waals surface area contributed by atoms with E-state index in [1.807, 2.05) is 67.7 Å². The Morgan fingerprint density at radius 1 is 1.06 bits per heavy atom. The van der Waals surface area contributed by atoms with Crippen molar-refractivity contribution in [3.05, 3.63) is 71.9 Å². The summed E-state index contributed by atoms with van der Waals surface area (Å²) in [6.07, 6.45) is 2.26. The second-order valence-electron chi connectivity index (χ2n) is 8.51. The molecular weight excluding hydrogens is 446 g/mol. The number of esters is 1. The molecule has 3 N–H and O–H groups in total. The molecule has 0 aliphatic rings. The van der Waals surface area contributed by atoms with Crippen LogP contribution >= 0.6 is 0 Å². The van der Waals surface area contributed by atoms with E-state index in [2.05, 4.69) is 10.3 Å². The number of carbonyl (C=O) groups is 3. The minimum absolute atomic E-state index is 0.292. The van der Waals surface area contributed by atoms with Crippen LogP contribution in [0.5, 0.6) is 0 Å². The summed E-state index contributed by atoms with van der Waals surface area (Å²) in [6.45, 7) is 5.57. The number of nitrogens with one attached hydrogen (secondary N) is 2. The molecule has 0 aliphatic carbocycles. The zero-order valence-electron chi connectivity index (χ0n) is 20.4. The van der Waals surface area contributed by atoms with Gasteiger partial charge in [0.05, 0.1) is 24.6 Å². The predicted molar refractivity (Wildman–Crippen MR) is 134 cm³/mol. The highest BCUT2D eigenvalue weighted by atomic mass is 16.5. The zero-order valence-corrected chi connectivity index (χ0v) is 20.4. The largest absolute Gasteiger partial charge is 0.480 e. The molecule has 1 amide bonds. The Labute approximate surface area is 205 Å². The lowest BCUT2D eigenvalue weighted by Crippen LogP contribution is -2.48. The molecule has 0 radical (unpaired) electrons. The average molecular weight is 480 g/mol. The first-order valence-electron chi connectivity index (χ1n) is 11.9. The van der Waals surface area contributed by atoms with Crippen LogP contribution in [0.3, 0.4) is 0 Å². The van der Waals surface area contributed by atoms with Crippen LogP contribution in [-0.2, 0) is 19.1 Å². The number of carbonyl (C=O) groups excluding carboxylic acids is 2. The number of aromatic nitrogens is 1. The van der Waals surface area contributed by atoms with Gasteiger partial charge in [-0.05, 0) is 50.9 Å². The summed E-state index contributed by atoms with van der Waals surface area (Å²) < 4.78 is 5.24. The van der Waals surface area contributed by atoms with Crippen molar-refractivity contribution in [1.82, 2.24) is 15.2 Å². The molecule has 0 bridgehead atoms. The topological polar surface area (TPSA) is 112 Å². The van der Waals surface area contributed by atoms with Crippen LogP contribution in [0, 0.1) is 0 Å². The highest BCUT2D eigenvalue weighted by molar-refractivity contribution is 5.88. The fourth-order valence-electron chi connectivity index (χ4n) is 4.29. The summed E-state index contributed by atoms with van der Waals surface area (Å²) >= 11 is 0. The third kappa shape index (κ3) is 6.48. The Balaban J connectivity index is 1.70. The molecule has 3 rings (SSSR count). The van der Waals surface area contributed by atoms with E-state index in [9.17, 15) is 19.5 Å². The van der Waals surface area contributed by atoms with Gasteiger partial charge in [0.2, 0.25) is 5.91 Å². The Bertz CT molecular complexity index is 1140. The molecule has 3 atom stereocenters. The number of carboxylic acids is 1. The van der Waals surface area contributed by atoms with Gasteiger partial charge in [0.25, 0.3) is 0 Å². The van der Waals surface area contributed by atoms with E-state index >= 15 is 0 Å². The maximum absolute atomic E-state index is 13.3. The van der Waals surface area contributed by atoms with Crippen molar-refractivity contribution in [2.75, 3.05) is 19.7 Å². The van der Waals surface area contributed by atoms with Gasteiger partial charge in [-0.2, -0.15) is 0 Å². The fraction of sp³-hybridized carbons (Fsp3) is 0.370. The Hall–Kier alpha value is -3.65. The molecule has 1 aromatic heterocycles. The number of rotatable bonds is 12. The Morgan fingerprint density at radius 2 is 1.74 bits per heavy atom. The molecule has 0 fully saturated rings. The second kappa shape index (κ2) is 12.2. The number of carboxylic acid groups (broad SMARTS) is 1. The first-order valence-corrected chi connectivity index (χ1v) is 11.9. The van der Waals surface area contributed by atoms with Gasteiger partial charge < -0.3 is 25.0 Å². The van der Waals surface area contributed by atoms with Crippen LogP contribution in [0.2, 0.25) is 0 Å². The highest BCUT2D eigenvalue weighted by Crippen LogP contribution is 2.28. The molecule has 35 heavy (non-hydrogen) atoms. The first-order chi connectivity index (χ1) is 16.8. The number of fused-ring (bicyclic) bond motifs is 1. The van der Waals surface area contributed by atoms with Gasteiger partial charge >= 0.3 is 11.9 Å². The molecule has 0 spiro atoms. The standard InChI is InChI=1S/C27H33N3O5/c1-4-35-27(34)21(20-10-6-5-7-11-20)14-15-28-18(2)26(33)30(17-25(31)32)19(3)23-16-29-24-13-9-8-12-22(23)24/h5-13,16,18-19,21,28-29H,4,14-15,17H2,1-3H3,(H,31,32)/t18-,19?,21?/m0/s1. The zero-order chi connectivity index (χ0) is 25.4. The van der Waals surface area contributed by atoms with E-state index in [-0.39, 0.29) is 11.9 Å². The monoisotopic (exact) mass is 479 g/mol. The molecular formula is C27H33N3O5. The number of hydrogen-bond acceptors (Lipinski definition) is 5. The van der Waals surface area contributed by atoms with E-state index in [4.69, 9.17) is 4.74 Å². The van der Waals surface area contributed by atoms with Gasteiger partial charge in [-0.25, -0.2) is 0 Å². The lowest BCUT2D eigenvalue weighted by Gasteiger charge is -2.30. The minimum atomic E-state index is -1.08. The van der Waals surface area contributed by atoms with Gasteiger partial charge in [-0.1, -0.05) is 48.5 Å². The molecule has 8 nitrogen and oxygen atoms in total. The number of aromatic amines is 1. The number of aliphatic carboxylic acids is 1. The van der Waals surface area contributed by atoms with Crippen molar-refractivity contribution < 1.29 is 24.2 Å². The third-order valence-corrected chi connectivity index (χ3v) is 6.15. The summed E-state index contributed by atoms with van der Waals surface area (Å²) in [4.78, 5) is 42.0. The normalized spacial score (nSPS) is 13.7. The van der Waals surface area contributed by atoms with Crippen LogP contribution in [0.1, 0.15) is 50.3 Å². The molecule has 3 aromatic rings. The molecule has 2 unspecified atom stereocenters. The summed E-state index contributed by atoms with van der Waals surface area (Å²) in [5.41, 5.74) is 2.63. The maximum atomic E-state index is 13.3. The number of nitrogens with zero attached hydrogens (tertiary/aromatic N) is 1. The van der Waals surface area contributed by atoms with E-state index in [0.29, 0.717) is 19.6 Å². The quantitative estimate of drug-likeness (QED) is 0.340. The Morgan fingerprint density at radius 3 is 2.43 bits per heavy atom. The number of amides is 1. The number of ether oxygens (including phenoxy) is 1. The molecule has 0 saturated heterocycles. The van der Waals surface area contributed by atoms with Crippen LogP contribution in [0.25, 0.3) is 10.9 Å². The van der Waals surface area contributed by atoms with E-state index in [1.165, 1.54) is 4.90 Å². The van der Waals surface area contributed by atoms with E-state index < -0.39 is 30.5 Å². The lowest BCUT2D eigenvalue weighted by atomic mass is 9.95. The van der Waals surface area contributed by atoms with Gasteiger partial charge in [-0.3, -0.25) is 14.4 Å². The Kier molecular flexibility index (Phi) is 9.03. The molecule has 8 heteroatoms. The fourth-order valence-corrected chi connectivity index (χ4v) is 4.29. The van der Waals surface area contributed by atoms with Crippen molar-refractivity contribution in [3.63, 3.8) is 0 Å². The minimum Gasteiger partial charge on any atom is -0.480 e. The smallest absolute Gasteiger partial charge is 0.323 e. The highest BCUT2D eigenvalue weighted by Gasteiger charge is 2.29. The summed E-state index contributed by atoms with van der Waals surface area (Å²) in [5, 5.41) is 13.6. The average Bonchev–Trinajstić information content (AvgIpc) is 3.29. The van der Waals surface area contributed by atoms with E-state index in [0.717, 1.165) is 22.0 Å². The molecule has 0 aliphatic heterocycles. The van der Waals surface area contributed by atoms with Crippen LogP contribution < -0.4 is 5.32 Å². The number of hydrogen-bond donors (Lipinski definition) is 3. The second-order valence-corrected chi connectivity index (χ2v) is 8.51. The maximum Gasteiger partial charge on any atom is 0.323 e. The predicted octanol–water partition coefficient (Wildman–Crippen LogP) is 3.86. The molecule has 186 valence electrons. The van der Waals surface area contributed by atoms with E-state index in [1.54, 1.807) is 13.8 Å². The first kappa shape index (κ1) is 26.0. The van der Waals surface area contributed by atoms with Gasteiger partial charge in [0.1, 0.15) is 6.54 Å². The van der Waals surface area contributed by atoms with Crippen molar-refractivity contribution in [2.24, 2.45) is 0 Å². The SMILES string of the molecule is CCOC(=O)C(CCN[C@@H](C)C(=O)N(CC(=O)O)C(C)c1c[nH]c2ccccc12)c1ccccc1. The van der Waals surface area contributed by atoms with Crippen molar-refractivity contribution >= 4 is 28.7 Å². The van der Waals surface area contributed by atoms with Crippen LogP contribution in [-0.4, -0.2) is 58.6 Å². The third-order valence-electron chi connectivity index (χ3n) is 6.15. The van der Waals surface area contributed by atoms with Crippen molar-refractivity contribution in [3.8, 4) is 0 Å². The number of H-pyrrole nitrogens is 1. The summed E-state index contributed by atoms with van der Waals surface area (Å²) in [7, 11) is 0. The van der Waals surface area contributed by atoms with Gasteiger partial charge in [0, 0.05) is 17.1 Å². The van der Waals surface area contributed by atoms with Crippen molar-refractivity contribution in [1.29, 1.82) is 0 Å². The summed E-state index contributed by atoms with van der Waals surface area (Å²) in [6, 6.07) is 16.0. The van der Waals surface area contributed by atoms with Crippen molar-refractivity contribution in [2.45, 2.75) is 45.2 Å². The number of para-hydroxylation sites is 1. The van der Waals surface area contributed by atoms with Gasteiger partial charge in [0.15, 0.2) is 0 Å². The van der Waals surface area contributed by atoms with Crippen LogP contribution in [0.15, 0.2) is 60.8 Å². The summed E-state index contributed by atoms with van der Waals surface area (Å²) in [5.74, 6) is -2.16. The number of benzene rings is 2. The molecule has 0 saturated carbocycles. The molecule has 1 heterocycles. The molecule has 2 aromatic carbocycles. The van der Waals surface area contributed by atoms with Gasteiger partial charge in [-0.15, -0.1) is 0 Å².